The Morgan fingerprint density at radius 3 is 2.42 bits per heavy atom. The van der Waals surface area contributed by atoms with Gasteiger partial charge in [-0.15, -0.1) is 0 Å². The topological polar surface area (TPSA) is 58.6 Å². The molecule has 3 aromatic carbocycles. The number of piperidine rings is 1. The second kappa shape index (κ2) is 13.1. The second-order valence-electron chi connectivity index (χ2n) is 10.4. The van der Waals surface area contributed by atoms with Crippen LogP contribution in [0.3, 0.4) is 0 Å². The third-order valence-electron chi connectivity index (χ3n) is 7.67. The highest BCUT2D eigenvalue weighted by atomic mass is 35.5. The number of hydrogen-bond acceptors (Lipinski definition) is 4. The third-order valence-corrected chi connectivity index (χ3v) is 7.90. The minimum Gasteiger partial charge on any atom is -0.469 e. The van der Waals surface area contributed by atoms with Crippen LogP contribution in [-0.2, 0) is 14.9 Å². The fraction of sp³-hybridized carbons (Fsp3) is 0.375. The Bertz CT molecular complexity index is 1220. The van der Waals surface area contributed by atoms with Gasteiger partial charge < -0.3 is 15.0 Å². The van der Waals surface area contributed by atoms with Crippen LogP contribution in [0.2, 0.25) is 5.02 Å². The van der Waals surface area contributed by atoms with E-state index < -0.39 is 0 Å². The van der Waals surface area contributed by atoms with Gasteiger partial charge in [-0.2, -0.15) is 0 Å². The lowest BCUT2D eigenvalue weighted by Crippen LogP contribution is -2.45. The fourth-order valence-corrected chi connectivity index (χ4v) is 5.60. The summed E-state index contributed by atoms with van der Waals surface area (Å²) in [4.78, 5) is 27.8. The molecule has 0 saturated carbocycles. The molecule has 6 heteroatoms. The van der Waals surface area contributed by atoms with Crippen LogP contribution >= 0.6 is 11.6 Å². The molecular weight excluding hydrogens is 496 g/mol. The minimum atomic E-state index is -0.253. The van der Waals surface area contributed by atoms with Crippen LogP contribution in [-0.4, -0.2) is 49.6 Å². The summed E-state index contributed by atoms with van der Waals surface area (Å²) in [5, 5.41) is 3.91. The Hall–Kier alpha value is -3.15. The molecule has 200 valence electrons. The van der Waals surface area contributed by atoms with Gasteiger partial charge in [-0.05, 0) is 67.1 Å². The summed E-state index contributed by atoms with van der Waals surface area (Å²) in [6, 6.07) is 25.7. The van der Waals surface area contributed by atoms with E-state index in [2.05, 4.69) is 29.3 Å². The maximum Gasteiger partial charge on any atom is 0.306 e. The van der Waals surface area contributed by atoms with Crippen molar-refractivity contribution >= 4 is 23.5 Å². The normalized spacial score (nSPS) is 16.0. The number of benzene rings is 3. The molecule has 1 aliphatic heterocycles. The van der Waals surface area contributed by atoms with Crippen molar-refractivity contribution in [1.29, 1.82) is 0 Å². The van der Waals surface area contributed by atoms with Gasteiger partial charge in [0.1, 0.15) is 0 Å². The number of rotatable bonds is 10. The van der Waals surface area contributed by atoms with E-state index in [0.29, 0.717) is 17.0 Å². The van der Waals surface area contributed by atoms with Crippen molar-refractivity contribution in [2.24, 2.45) is 0 Å². The number of carbonyl (C=O) groups excluding carboxylic acids is 2. The van der Waals surface area contributed by atoms with Crippen molar-refractivity contribution in [1.82, 2.24) is 10.2 Å². The van der Waals surface area contributed by atoms with Crippen LogP contribution in [0.25, 0.3) is 11.1 Å². The molecule has 0 aromatic heterocycles. The zero-order valence-electron chi connectivity index (χ0n) is 22.3. The summed E-state index contributed by atoms with van der Waals surface area (Å²) < 4.78 is 4.99. The molecule has 1 heterocycles. The van der Waals surface area contributed by atoms with E-state index in [0.717, 1.165) is 56.4 Å². The van der Waals surface area contributed by atoms with Crippen molar-refractivity contribution in [2.45, 2.75) is 50.5 Å². The number of esters is 1. The van der Waals surface area contributed by atoms with Crippen LogP contribution in [0.15, 0.2) is 78.9 Å². The standard InChI is InChI=1S/C32H37ClN2O3/c1-32(23-30(36)38-2,25-11-4-3-5-12-25)18-9-19-35-20-16-27(17-21-35)34-31(37)29-15-7-6-14-28(29)24-10-8-13-26(33)22-24/h3-8,10-15,22,27H,9,16-21,23H2,1-2H3,(H,34,37). The Kier molecular flexibility index (Phi) is 9.59. The predicted molar refractivity (Wildman–Crippen MR) is 153 cm³/mol. The van der Waals surface area contributed by atoms with Gasteiger partial charge in [-0.1, -0.05) is 79.2 Å². The molecule has 0 spiro atoms. The van der Waals surface area contributed by atoms with Gasteiger partial charge in [0, 0.05) is 35.1 Å². The average molecular weight is 533 g/mol. The highest BCUT2D eigenvalue weighted by molar-refractivity contribution is 6.30. The number of likely N-dealkylation sites (tertiary alicyclic amines) is 1. The molecule has 1 atom stereocenters. The van der Waals surface area contributed by atoms with E-state index in [1.165, 1.54) is 12.7 Å². The molecule has 1 saturated heterocycles. The number of amides is 1. The van der Waals surface area contributed by atoms with Gasteiger partial charge >= 0.3 is 5.97 Å². The third kappa shape index (κ3) is 7.24. The van der Waals surface area contributed by atoms with E-state index in [9.17, 15) is 9.59 Å². The number of carbonyl (C=O) groups is 2. The van der Waals surface area contributed by atoms with Gasteiger partial charge in [0.25, 0.3) is 5.91 Å². The van der Waals surface area contributed by atoms with Gasteiger partial charge in [0.15, 0.2) is 0 Å². The average Bonchev–Trinajstić information content (AvgIpc) is 2.94. The predicted octanol–water partition coefficient (Wildman–Crippen LogP) is 6.50. The summed E-state index contributed by atoms with van der Waals surface area (Å²) in [7, 11) is 1.45. The van der Waals surface area contributed by atoms with Crippen LogP contribution < -0.4 is 5.32 Å². The van der Waals surface area contributed by atoms with Crippen LogP contribution in [0, 0.1) is 0 Å². The molecule has 0 bridgehead atoms. The molecule has 1 unspecified atom stereocenters. The maximum atomic E-state index is 13.2. The number of ether oxygens (including phenoxy) is 1. The molecule has 1 aliphatic rings. The van der Waals surface area contributed by atoms with Crippen molar-refractivity contribution < 1.29 is 14.3 Å². The van der Waals surface area contributed by atoms with Crippen LogP contribution in [0.4, 0.5) is 0 Å². The van der Waals surface area contributed by atoms with Gasteiger partial charge in [0.05, 0.1) is 13.5 Å². The number of hydrogen-bond donors (Lipinski definition) is 1. The molecule has 1 amide bonds. The largest absolute Gasteiger partial charge is 0.469 e. The monoisotopic (exact) mass is 532 g/mol. The van der Waals surface area contributed by atoms with Gasteiger partial charge in [-0.3, -0.25) is 9.59 Å². The summed E-state index contributed by atoms with van der Waals surface area (Å²) in [6.07, 6.45) is 4.11. The minimum absolute atomic E-state index is 0.0412. The Balaban J connectivity index is 1.29. The molecule has 0 aliphatic carbocycles. The summed E-state index contributed by atoms with van der Waals surface area (Å²) in [5.41, 5.74) is 3.41. The van der Waals surface area contributed by atoms with E-state index in [-0.39, 0.29) is 23.3 Å². The molecule has 4 rings (SSSR count). The second-order valence-corrected chi connectivity index (χ2v) is 10.9. The van der Waals surface area contributed by atoms with E-state index >= 15 is 0 Å². The molecular formula is C32H37ClN2O3. The lowest BCUT2D eigenvalue weighted by Gasteiger charge is -2.34. The zero-order valence-corrected chi connectivity index (χ0v) is 23.0. The first kappa shape index (κ1) is 27.9. The molecule has 0 radical (unpaired) electrons. The van der Waals surface area contributed by atoms with Crippen molar-refractivity contribution in [3.63, 3.8) is 0 Å². The number of methoxy groups -OCH3 is 1. The van der Waals surface area contributed by atoms with Crippen molar-refractivity contribution in [3.05, 3.63) is 95.0 Å². The number of nitrogens with one attached hydrogen (secondary N) is 1. The summed E-state index contributed by atoms with van der Waals surface area (Å²) in [6.45, 7) is 5.02. The lowest BCUT2D eigenvalue weighted by molar-refractivity contribution is -0.142. The Morgan fingerprint density at radius 2 is 1.71 bits per heavy atom. The van der Waals surface area contributed by atoms with E-state index in [4.69, 9.17) is 16.3 Å². The highest BCUT2D eigenvalue weighted by Crippen LogP contribution is 2.33. The SMILES string of the molecule is COC(=O)CC(C)(CCCN1CCC(NC(=O)c2ccccc2-c2cccc(Cl)c2)CC1)c1ccccc1. The maximum absolute atomic E-state index is 13.2. The van der Waals surface area contributed by atoms with Crippen molar-refractivity contribution in [3.8, 4) is 11.1 Å². The Labute approximate surface area is 231 Å². The molecule has 5 nitrogen and oxygen atoms in total. The van der Waals surface area contributed by atoms with E-state index in [1.807, 2.05) is 66.7 Å². The summed E-state index contributed by atoms with van der Waals surface area (Å²) >= 11 is 6.19. The lowest BCUT2D eigenvalue weighted by atomic mass is 9.76. The smallest absolute Gasteiger partial charge is 0.306 e. The molecule has 1 N–H and O–H groups in total. The van der Waals surface area contributed by atoms with Gasteiger partial charge in [0.2, 0.25) is 0 Å². The fourth-order valence-electron chi connectivity index (χ4n) is 5.41. The Morgan fingerprint density at radius 1 is 1.00 bits per heavy atom. The number of halogens is 1. The molecule has 38 heavy (non-hydrogen) atoms. The van der Waals surface area contributed by atoms with Crippen LogP contribution in [0.1, 0.15) is 54.9 Å². The molecule has 3 aromatic rings. The van der Waals surface area contributed by atoms with Gasteiger partial charge in [-0.25, -0.2) is 0 Å². The quantitative estimate of drug-likeness (QED) is 0.303. The first-order chi connectivity index (χ1) is 18.4. The van der Waals surface area contributed by atoms with Crippen LogP contribution in [0.5, 0.6) is 0 Å². The summed E-state index contributed by atoms with van der Waals surface area (Å²) in [5.74, 6) is -0.217. The first-order valence-corrected chi connectivity index (χ1v) is 13.8. The highest BCUT2D eigenvalue weighted by Gasteiger charge is 2.30. The first-order valence-electron chi connectivity index (χ1n) is 13.4. The molecule has 1 fully saturated rings. The number of nitrogens with zero attached hydrogens (tertiary/aromatic N) is 1. The zero-order chi connectivity index (χ0) is 27.0. The van der Waals surface area contributed by atoms with Crippen molar-refractivity contribution in [2.75, 3.05) is 26.7 Å². The van der Waals surface area contributed by atoms with E-state index in [1.54, 1.807) is 0 Å².